The molecule has 1 rings (SSSR count). The van der Waals surface area contributed by atoms with Crippen molar-refractivity contribution in [3.05, 3.63) is 37.3 Å². The van der Waals surface area contributed by atoms with Crippen LogP contribution in [0.5, 0.6) is 5.75 Å². The summed E-state index contributed by atoms with van der Waals surface area (Å²) in [5, 5.41) is -0.185. The highest BCUT2D eigenvalue weighted by Gasteiger charge is 1.96. The SMILES string of the molecule is [CH2]C(Cl)COc1ccccc1. The van der Waals surface area contributed by atoms with E-state index in [9.17, 15) is 0 Å². The number of hydrogen-bond acceptors (Lipinski definition) is 1. The van der Waals surface area contributed by atoms with Gasteiger partial charge in [0.05, 0.1) is 5.38 Å². The molecule has 0 aromatic heterocycles. The lowest BCUT2D eigenvalue weighted by molar-refractivity contribution is 0.327. The van der Waals surface area contributed by atoms with Gasteiger partial charge in [-0.15, -0.1) is 11.6 Å². The van der Waals surface area contributed by atoms with Gasteiger partial charge in [0.1, 0.15) is 12.4 Å². The number of hydrogen-bond donors (Lipinski definition) is 0. The first-order chi connectivity index (χ1) is 5.29. The highest BCUT2D eigenvalue weighted by molar-refractivity contribution is 6.21. The first-order valence-corrected chi connectivity index (χ1v) is 3.87. The van der Waals surface area contributed by atoms with Gasteiger partial charge in [0.15, 0.2) is 0 Å². The van der Waals surface area contributed by atoms with Crippen LogP contribution < -0.4 is 4.74 Å². The Morgan fingerprint density at radius 1 is 1.36 bits per heavy atom. The van der Waals surface area contributed by atoms with Crippen LogP contribution in [0.4, 0.5) is 0 Å². The van der Waals surface area contributed by atoms with Gasteiger partial charge in [-0.25, -0.2) is 0 Å². The van der Waals surface area contributed by atoms with Gasteiger partial charge < -0.3 is 4.74 Å². The summed E-state index contributed by atoms with van der Waals surface area (Å²) >= 11 is 5.59. The van der Waals surface area contributed by atoms with E-state index in [1.165, 1.54) is 0 Å². The summed E-state index contributed by atoms with van der Waals surface area (Å²) in [5.41, 5.74) is 0. The molecule has 11 heavy (non-hydrogen) atoms. The molecule has 0 N–H and O–H groups in total. The van der Waals surface area contributed by atoms with Crippen LogP contribution in [0, 0.1) is 6.92 Å². The molecular formula is C9H10ClO. The number of rotatable bonds is 3. The number of alkyl halides is 1. The first-order valence-electron chi connectivity index (χ1n) is 3.44. The highest BCUT2D eigenvalue weighted by Crippen LogP contribution is 2.09. The molecule has 0 bridgehead atoms. The number of halogens is 1. The van der Waals surface area contributed by atoms with Crippen LogP contribution in [-0.2, 0) is 0 Å². The predicted molar refractivity (Wildman–Crippen MR) is 46.9 cm³/mol. The lowest BCUT2D eigenvalue weighted by atomic mass is 10.3. The molecule has 0 heterocycles. The Labute approximate surface area is 71.9 Å². The van der Waals surface area contributed by atoms with Gasteiger partial charge in [-0.3, -0.25) is 0 Å². The Balaban J connectivity index is 2.39. The lowest BCUT2D eigenvalue weighted by Gasteiger charge is -2.05. The van der Waals surface area contributed by atoms with Gasteiger partial charge in [0.2, 0.25) is 0 Å². The van der Waals surface area contributed by atoms with Gasteiger partial charge in [0.25, 0.3) is 0 Å². The molecule has 0 saturated heterocycles. The fourth-order valence-corrected chi connectivity index (χ4v) is 0.766. The molecule has 1 radical (unpaired) electrons. The topological polar surface area (TPSA) is 9.23 Å². The number of benzene rings is 1. The van der Waals surface area contributed by atoms with Crippen LogP contribution in [-0.4, -0.2) is 12.0 Å². The average molecular weight is 170 g/mol. The molecule has 1 unspecified atom stereocenters. The van der Waals surface area contributed by atoms with Crippen molar-refractivity contribution >= 4 is 11.6 Å². The third-order valence-corrected chi connectivity index (χ3v) is 1.30. The fraction of sp³-hybridized carbons (Fsp3) is 0.222. The van der Waals surface area contributed by atoms with Crippen LogP contribution in [0.25, 0.3) is 0 Å². The van der Waals surface area contributed by atoms with E-state index >= 15 is 0 Å². The van der Waals surface area contributed by atoms with Crippen molar-refractivity contribution in [2.24, 2.45) is 0 Å². The Morgan fingerprint density at radius 3 is 2.55 bits per heavy atom. The molecule has 0 aliphatic heterocycles. The summed E-state index contributed by atoms with van der Waals surface area (Å²) in [7, 11) is 0. The summed E-state index contributed by atoms with van der Waals surface area (Å²) in [6, 6.07) is 9.55. The molecule has 0 aliphatic rings. The molecule has 0 spiro atoms. The van der Waals surface area contributed by atoms with Gasteiger partial charge in [0, 0.05) is 0 Å². The number of ether oxygens (including phenoxy) is 1. The zero-order valence-electron chi connectivity index (χ0n) is 6.16. The van der Waals surface area contributed by atoms with Crippen molar-refractivity contribution in [1.29, 1.82) is 0 Å². The molecular weight excluding hydrogens is 160 g/mol. The van der Waals surface area contributed by atoms with E-state index in [2.05, 4.69) is 6.92 Å². The minimum Gasteiger partial charge on any atom is -0.492 e. The molecule has 0 aliphatic carbocycles. The van der Waals surface area contributed by atoms with Crippen molar-refractivity contribution in [2.75, 3.05) is 6.61 Å². The standard InChI is InChI=1S/C9H10ClO/c1-8(10)7-11-9-5-3-2-4-6-9/h2-6,8H,1,7H2. The Hall–Kier alpha value is -0.690. The van der Waals surface area contributed by atoms with Gasteiger partial charge in [-0.2, -0.15) is 0 Å². The summed E-state index contributed by atoms with van der Waals surface area (Å²) in [5.74, 6) is 0.835. The molecule has 2 heteroatoms. The largest absolute Gasteiger partial charge is 0.492 e. The summed E-state index contributed by atoms with van der Waals surface area (Å²) in [6.07, 6.45) is 0. The molecule has 1 aromatic rings. The van der Waals surface area contributed by atoms with Gasteiger partial charge >= 0.3 is 0 Å². The highest BCUT2D eigenvalue weighted by atomic mass is 35.5. The van der Waals surface area contributed by atoms with Gasteiger partial charge in [-0.1, -0.05) is 18.2 Å². The predicted octanol–water partition coefficient (Wildman–Crippen LogP) is 2.51. The maximum Gasteiger partial charge on any atom is 0.119 e. The zero-order valence-corrected chi connectivity index (χ0v) is 6.92. The van der Waals surface area contributed by atoms with Crippen LogP contribution in [0.1, 0.15) is 0 Å². The molecule has 59 valence electrons. The Kier molecular flexibility index (Phi) is 3.24. The second-order valence-corrected chi connectivity index (χ2v) is 2.84. The second kappa shape index (κ2) is 4.24. The first kappa shape index (κ1) is 8.41. The van der Waals surface area contributed by atoms with E-state index < -0.39 is 0 Å². The van der Waals surface area contributed by atoms with E-state index in [1.807, 2.05) is 30.3 Å². The molecule has 0 fully saturated rings. The van der Waals surface area contributed by atoms with Crippen molar-refractivity contribution < 1.29 is 4.74 Å². The Bertz CT molecular complexity index is 196. The van der Waals surface area contributed by atoms with Crippen molar-refractivity contribution in [3.8, 4) is 5.75 Å². The molecule has 1 aromatic carbocycles. The van der Waals surface area contributed by atoms with Crippen LogP contribution in [0.2, 0.25) is 0 Å². The monoisotopic (exact) mass is 169 g/mol. The van der Waals surface area contributed by atoms with E-state index in [1.54, 1.807) is 0 Å². The second-order valence-electron chi connectivity index (χ2n) is 2.22. The third kappa shape index (κ3) is 3.28. The molecule has 0 amide bonds. The van der Waals surface area contributed by atoms with E-state index in [4.69, 9.17) is 16.3 Å². The van der Waals surface area contributed by atoms with Crippen molar-refractivity contribution in [1.82, 2.24) is 0 Å². The Morgan fingerprint density at radius 2 is 2.00 bits per heavy atom. The van der Waals surface area contributed by atoms with Crippen LogP contribution >= 0.6 is 11.6 Å². The average Bonchev–Trinajstić information content (AvgIpc) is 2.03. The molecule has 1 nitrogen and oxygen atoms in total. The van der Waals surface area contributed by atoms with Crippen molar-refractivity contribution in [2.45, 2.75) is 5.38 Å². The van der Waals surface area contributed by atoms with Crippen LogP contribution in [0.3, 0.4) is 0 Å². The van der Waals surface area contributed by atoms with Crippen molar-refractivity contribution in [3.63, 3.8) is 0 Å². The third-order valence-electron chi connectivity index (χ3n) is 1.17. The van der Waals surface area contributed by atoms with Gasteiger partial charge in [-0.05, 0) is 19.1 Å². The maximum atomic E-state index is 5.59. The summed E-state index contributed by atoms with van der Waals surface area (Å²) in [6.45, 7) is 4.04. The minimum atomic E-state index is -0.185. The van der Waals surface area contributed by atoms with E-state index in [0.29, 0.717) is 6.61 Å². The molecule has 0 saturated carbocycles. The maximum absolute atomic E-state index is 5.59. The number of para-hydroxylation sites is 1. The smallest absolute Gasteiger partial charge is 0.119 e. The van der Waals surface area contributed by atoms with E-state index in [-0.39, 0.29) is 5.38 Å². The van der Waals surface area contributed by atoms with Crippen LogP contribution in [0.15, 0.2) is 30.3 Å². The lowest BCUT2D eigenvalue weighted by Crippen LogP contribution is -2.07. The zero-order chi connectivity index (χ0) is 8.10. The quantitative estimate of drug-likeness (QED) is 0.632. The molecule has 1 atom stereocenters. The summed E-state index contributed by atoms with van der Waals surface area (Å²) < 4.78 is 5.27. The fourth-order valence-electron chi connectivity index (χ4n) is 0.703. The van der Waals surface area contributed by atoms with E-state index in [0.717, 1.165) is 5.75 Å². The minimum absolute atomic E-state index is 0.185. The summed E-state index contributed by atoms with van der Waals surface area (Å²) in [4.78, 5) is 0. The normalized spacial score (nSPS) is 12.5.